The topological polar surface area (TPSA) is 122 Å². The molecule has 0 aromatic heterocycles. The van der Waals surface area contributed by atoms with Crippen LogP contribution in [0.1, 0.15) is 75.2 Å². The van der Waals surface area contributed by atoms with Gasteiger partial charge >= 0.3 is 5.97 Å². The van der Waals surface area contributed by atoms with Crippen molar-refractivity contribution in [2.75, 3.05) is 12.4 Å². The van der Waals surface area contributed by atoms with Crippen LogP contribution in [-0.2, 0) is 9.59 Å². The second-order valence-corrected chi connectivity index (χ2v) is 8.57. The molecule has 4 N–H and O–H groups in total. The molecule has 8 heteroatoms. The number of nitriles is 1. The van der Waals surface area contributed by atoms with Crippen LogP contribution in [0.5, 0.6) is 0 Å². The maximum absolute atomic E-state index is 11.1. The number of carboxylic acid groups (broad SMARTS) is 1. The first-order valence-corrected chi connectivity index (χ1v) is 11.1. The fraction of sp³-hybridized carbons (Fsp3) is 0.850. The van der Waals surface area contributed by atoms with E-state index in [0.717, 1.165) is 23.8 Å². The molecule has 160 valence electrons. The van der Waals surface area contributed by atoms with E-state index in [1.54, 1.807) is 6.07 Å². The highest BCUT2D eigenvalue weighted by molar-refractivity contribution is 8.00. The van der Waals surface area contributed by atoms with E-state index in [2.05, 4.69) is 5.32 Å². The van der Waals surface area contributed by atoms with Gasteiger partial charge in [0.25, 0.3) is 0 Å². The molecule has 0 saturated heterocycles. The second-order valence-electron chi connectivity index (χ2n) is 7.33. The van der Waals surface area contributed by atoms with Crippen molar-refractivity contribution in [3.63, 3.8) is 0 Å². The van der Waals surface area contributed by atoms with E-state index in [9.17, 15) is 9.59 Å². The Bertz CT molecular complexity index is 573. The highest BCUT2D eigenvalue weighted by Gasteiger charge is 2.20. The smallest absolute Gasteiger partial charge is 0.327 e. The van der Waals surface area contributed by atoms with Gasteiger partial charge in [-0.1, -0.05) is 38.5 Å². The van der Waals surface area contributed by atoms with Gasteiger partial charge in [-0.3, -0.25) is 4.79 Å². The molecule has 0 aromatic carbocycles. The third-order valence-corrected chi connectivity index (χ3v) is 6.24. The molecule has 0 aromatic rings. The molecule has 1 amide bonds. The quantitative estimate of drug-likeness (QED) is 0.479. The summed E-state index contributed by atoms with van der Waals surface area (Å²) in [4.78, 5) is 21.9. The van der Waals surface area contributed by atoms with Crippen LogP contribution in [0.2, 0.25) is 0 Å². The van der Waals surface area contributed by atoms with Crippen molar-refractivity contribution >= 4 is 23.6 Å². The van der Waals surface area contributed by atoms with Crippen molar-refractivity contribution in [3.8, 4) is 6.07 Å². The fourth-order valence-corrected chi connectivity index (χ4v) is 4.38. The Balaban J connectivity index is 0.000000323. The van der Waals surface area contributed by atoms with E-state index in [4.69, 9.17) is 19.6 Å². The first-order valence-electron chi connectivity index (χ1n) is 11.6. The number of carbonyl (C=O) groups excluding carboxylic acids is 1. The summed E-state index contributed by atoms with van der Waals surface area (Å²) in [6.45, 7) is -3.38. The third kappa shape index (κ3) is 10.9. The van der Waals surface area contributed by atoms with Crippen molar-refractivity contribution in [2.45, 2.75) is 94.4 Å². The van der Waals surface area contributed by atoms with E-state index >= 15 is 0 Å². The van der Waals surface area contributed by atoms with Crippen LogP contribution in [0.4, 0.5) is 0 Å². The van der Waals surface area contributed by atoms with Gasteiger partial charge in [0, 0.05) is 28.8 Å². The maximum atomic E-state index is 11.1. The van der Waals surface area contributed by atoms with Crippen molar-refractivity contribution in [2.24, 2.45) is 0 Å². The lowest BCUT2D eigenvalue weighted by Crippen LogP contribution is -2.41. The summed E-state index contributed by atoms with van der Waals surface area (Å²) in [5.74, 6) is -2.99. The zero-order valence-corrected chi connectivity index (χ0v) is 17.2. The number of rotatable bonds is 8. The molecule has 7 nitrogen and oxygen atoms in total. The summed E-state index contributed by atoms with van der Waals surface area (Å²) < 4.78 is 20.4. The molecule has 0 heterocycles. The van der Waals surface area contributed by atoms with Crippen LogP contribution < -0.4 is 10.6 Å². The molecule has 2 rings (SSSR count). The minimum Gasteiger partial charge on any atom is -0.480 e. The largest absolute Gasteiger partial charge is 0.480 e. The van der Waals surface area contributed by atoms with Crippen LogP contribution >= 0.6 is 11.8 Å². The number of aliphatic hydroxyl groups excluding tert-OH is 1. The number of carbonyl (C=O) groups is 2. The molecule has 2 aliphatic rings. The zero-order chi connectivity index (χ0) is 23.3. The van der Waals surface area contributed by atoms with Gasteiger partial charge in [-0.25, -0.2) is 4.79 Å². The Morgan fingerprint density at radius 2 is 1.68 bits per heavy atom. The van der Waals surface area contributed by atoms with E-state index in [-0.39, 0.29) is 5.75 Å². The average molecular weight is 417 g/mol. The molecule has 0 spiro atoms. The van der Waals surface area contributed by atoms with Crippen LogP contribution in [0.3, 0.4) is 0 Å². The molecule has 0 bridgehead atoms. The predicted octanol–water partition coefficient (Wildman–Crippen LogP) is 2.43. The van der Waals surface area contributed by atoms with Gasteiger partial charge in [-0.2, -0.15) is 5.26 Å². The van der Waals surface area contributed by atoms with E-state index in [0.29, 0.717) is 0 Å². The Morgan fingerprint density at radius 3 is 2.07 bits per heavy atom. The summed E-state index contributed by atoms with van der Waals surface area (Å²) in [5, 5.41) is 30.9. The summed E-state index contributed by atoms with van der Waals surface area (Å²) >= 11 is 0.820. The van der Waals surface area contributed by atoms with Crippen molar-refractivity contribution in [1.82, 2.24) is 10.6 Å². The predicted molar refractivity (Wildman–Crippen MR) is 111 cm³/mol. The van der Waals surface area contributed by atoms with Crippen molar-refractivity contribution < 1.29 is 23.9 Å². The Labute approximate surface area is 176 Å². The highest BCUT2D eigenvalue weighted by atomic mass is 32.2. The fourth-order valence-electron chi connectivity index (χ4n) is 3.55. The minimum atomic E-state index is -2.93. The summed E-state index contributed by atoms with van der Waals surface area (Å²) in [6.07, 6.45) is 14.6. The zero-order valence-electron chi connectivity index (χ0n) is 19.4. The third-order valence-electron chi connectivity index (χ3n) is 5.06. The molecule has 2 saturated carbocycles. The standard InChI is InChI=1S/C12H23N.C8H12N2O4S/c1-3-7-11(8-4-1)13-12-9-5-2-6-10-12;1-5(12)10-7(8(13)14)4-15-6(2-9)3-11/h11-13H,1-10H2;6-7,11H,3-4H2,1H3,(H,10,12)(H,13,14)/t;6?,7-/m.0/s1/i;1D3. The highest BCUT2D eigenvalue weighted by Crippen LogP contribution is 2.22. The number of amides is 1. The van der Waals surface area contributed by atoms with Crippen molar-refractivity contribution in [3.05, 3.63) is 0 Å². The number of nitrogens with zero attached hydrogens (tertiary/aromatic N) is 1. The Kier molecular flexibility index (Phi) is 10.5. The van der Waals surface area contributed by atoms with E-state index in [1.807, 2.05) is 5.32 Å². The molecule has 2 atom stereocenters. The normalized spacial score (nSPS) is 22.2. The first kappa shape index (κ1) is 20.0. The lowest BCUT2D eigenvalue weighted by molar-refractivity contribution is -0.140. The monoisotopic (exact) mass is 416 g/mol. The summed E-state index contributed by atoms with van der Waals surface area (Å²) in [7, 11) is 0. The lowest BCUT2D eigenvalue weighted by Gasteiger charge is -2.30. The average Bonchev–Trinajstić information content (AvgIpc) is 2.74. The SMILES string of the molecule is C1CCC(NC2CCCCC2)CC1.[2H]C([2H])([2H])C(=O)N[C@@H](CSC(C#N)CO)C(=O)O. The second kappa shape index (κ2) is 14.7. The molecule has 1 unspecified atom stereocenters. The van der Waals surface area contributed by atoms with Gasteiger partial charge in [-0.05, 0) is 25.7 Å². The van der Waals surface area contributed by atoms with Gasteiger partial charge < -0.3 is 20.8 Å². The number of hydrogen-bond acceptors (Lipinski definition) is 6. The van der Waals surface area contributed by atoms with Gasteiger partial charge in [0.1, 0.15) is 11.3 Å². The number of carboxylic acids is 1. The summed E-state index contributed by atoms with van der Waals surface area (Å²) in [6, 6.07) is 2.04. The van der Waals surface area contributed by atoms with Gasteiger partial charge in [0.05, 0.1) is 12.7 Å². The Hall–Kier alpha value is -1.30. The molecular formula is C20H35N3O4S. The molecule has 28 heavy (non-hydrogen) atoms. The molecule has 0 aliphatic heterocycles. The van der Waals surface area contributed by atoms with Gasteiger partial charge in [0.15, 0.2) is 0 Å². The van der Waals surface area contributed by atoms with Crippen LogP contribution in [0, 0.1) is 11.3 Å². The first-order chi connectivity index (χ1) is 14.7. The Morgan fingerprint density at radius 1 is 1.14 bits per heavy atom. The minimum absolute atomic E-state index is 0.212. The lowest BCUT2D eigenvalue weighted by atomic mass is 9.91. The van der Waals surface area contributed by atoms with Crippen LogP contribution in [0.25, 0.3) is 0 Å². The van der Waals surface area contributed by atoms with Crippen LogP contribution in [0.15, 0.2) is 0 Å². The molecule has 2 fully saturated rings. The van der Waals surface area contributed by atoms with Gasteiger partial charge in [-0.15, -0.1) is 11.8 Å². The number of aliphatic hydroxyl groups is 1. The summed E-state index contributed by atoms with van der Waals surface area (Å²) in [5.41, 5.74) is 0. The molecule has 2 aliphatic carbocycles. The van der Waals surface area contributed by atoms with Crippen LogP contribution in [-0.4, -0.2) is 57.8 Å². The maximum Gasteiger partial charge on any atom is 0.327 e. The number of thioether (sulfide) groups is 1. The number of hydrogen-bond donors (Lipinski definition) is 4. The van der Waals surface area contributed by atoms with Crippen molar-refractivity contribution in [1.29, 1.82) is 5.26 Å². The van der Waals surface area contributed by atoms with E-state index < -0.39 is 36.6 Å². The molecular weight excluding hydrogens is 378 g/mol. The van der Waals surface area contributed by atoms with E-state index in [1.165, 1.54) is 64.2 Å². The van der Waals surface area contributed by atoms with Gasteiger partial charge in [0.2, 0.25) is 5.91 Å². The number of aliphatic carboxylic acids is 1. The molecule has 0 radical (unpaired) electrons. The number of nitrogens with one attached hydrogen (secondary N) is 2.